The molecule has 2 nitrogen and oxygen atoms in total. The highest BCUT2D eigenvalue weighted by molar-refractivity contribution is 5.27. The zero-order valence-electron chi connectivity index (χ0n) is 12.9. The van der Waals surface area contributed by atoms with Crippen molar-refractivity contribution in [3.05, 3.63) is 35.4 Å². The molecule has 20 heavy (non-hydrogen) atoms. The van der Waals surface area contributed by atoms with E-state index in [9.17, 15) is 0 Å². The van der Waals surface area contributed by atoms with E-state index >= 15 is 0 Å². The van der Waals surface area contributed by atoms with Gasteiger partial charge in [-0.3, -0.25) is 0 Å². The molecule has 112 valence electrons. The maximum Gasteiger partial charge on any atom is 0.0434 e. The largest absolute Gasteiger partial charge is 0.396 e. The molecule has 1 atom stereocenters. The summed E-state index contributed by atoms with van der Waals surface area (Å²) < 4.78 is 0. The number of benzene rings is 1. The zero-order chi connectivity index (χ0) is 14.4. The maximum atomic E-state index is 9.09. The molecule has 1 unspecified atom stereocenters. The molecule has 2 heteroatoms. The number of aliphatic hydroxyl groups excluding tert-OH is 1. The minimum absolute atomic E-state index is 0.322. The zero-order valence-corrected chi connectivity index (χ0v) is 12.9. The van der Waals surface area contributed by atoms with Crippen LogP contribution in [-0.4, -0.2) is 24.3 Å². The molecule has 1 aromatic rings. The number of nitrogens with one attached hydrogen (secondary N) is 1. The summed E-state index contributed by atoms with van der Waals surface area (Å²) in [6, 6.07) is 9.61. The van der Waals surface area contributed by atoms with E-state index < -0.39 is 0 Å². The average molecular weight is 275 g/mol. The predicted molar refractivity (Wildman–Crippen MR) is 85.0 cm³/mol. The number of rotatable bonds is 8. The molecular weight excluding hydrogens is 246 g/mol. The normalized spacial score (nSPS) is 23.4. The minimum atomic E-state index is 0.322. The van der Waals surface area contributed by atoms with Gasteiger partial charge in [0, 0.05) is 12.6 Å². The monoisotopic (exact) mass is 275 g/mol. The van der Waals surface area contributed by atoms with Crippen LogP contribution in [0.5, 0.6) is 0 Å². The molecule has 0 aromatic heterocycles. The highest BCUT2D eigenvalue weighted by Gasteiger charge is 2.30. The van der Waals surface area contributed by atoms with Crippen molar-refractivity contribution in [2.75, 3.05) is 13.2 Å². The van der Waals surface area contributed by atoms with Gasteiger partial charge in [-0.25, -0.2) is 0 Å². The SMILES string of the molecule is CCCC(CCO)CNC1CC(c2cccc(C)c2)C1. The Morgan fingerprint density at radius 3 is 2.75 bits per heavy atom. The van der Waals surface area contributed by atoms with E-state index in [1.165, 1.54) is 36.8 Å². The number of hydrogen-bond acceptors (Lipinski definition) is 2. The van der Waals surface area contributed by atoms with Gasteiger partial charge in [-0.1, -0.05) is 43.2 Å². The Labute approximate surface area is 123 Å². The first-order valence-corrected chi connectivity index (χ1v) is 8.13. The molecule has 0 amide bonds. The molecule has 1 aliphatic carbocycles. The summed E-state index contributed by atoms with van der Waals surface area (Å²) in [6.07, 6.45) is 5.90. The van der Waals surface area contributed by atoms with Crippen molar-refractivity contribution in [3.63, 3.8) is 0 Å². The molecule has 2 N–H and O–H groups in total. The number of hydrogen-bond donors (Lipinski definition) is 2. The van der Waals surface area contributed by atoms with Gasteiger partial charge >= 0.3 is 0 Å². The van der Waals surface area contributed by atoms with Crippen LogP contribution >= 0.6 is 0 Å². The van der Waals surface area contributed by atoms with E-state index in [0.717, 1.165) is 18.9 Å². The molecule has 0 bridgehead atoms. The molecule has 1 aliphatic rings. The van der Waals surface area contributed by atoms with Gasteiger partial charge in [0.25, 0.3) is 0 Å². The summed E-state index contributed by atoms with van der Waals surface area (Å²) in [5.41, 5.74) is 2.87. The molecule has 1 aromatic carbocycles. The van der Waals surface area contributed by atoms with Crippen molar-refractivity contribution >= 4 is 0 Å². The van der Waals surface area contributed by atoms with E-state index in [1.807, 2.05) is 0 Å². The van der Waals surface area contributed by atoms with Crippen molar-refractivity contribution < 1.29 is 5.11 Å². The van der Waals surface area contributed by atoms with Crippen molar-refractivity contribution in [3.8, 4) is 0 Å². The lowest BCUT2D eigenvalue weighted by atomic mass is 9.75. The van der Waals surface area contributed by atoms with Crippen molar-refractivity contribution in [1.82, 2.24) is 5.32 Å². The van der Waals surface area contributed by atoms with Crippen LogP contribution in [0.2, 0.25) is 0 Å². The van der Waals surface area contributed by atoms with E-state index in [1.54, 1.807) is 0 Å². The lowest BCUT2D eigenvalue weighted by molar-refractivity contribution is 0.228. The van der Waals surface area contributed by atoms with Gasteiger partial charge in [0.1, 0.15) is 0 Å². The molecule has 2 rings (SSSR count). The Bertz CT molecular complexity index is 392. The molecule has 1 saturated carbocycles. The Hall–Kier alpha value is -0.860. The smallest absolute Gasteiger partial charge is 0.0434 e. The molecule has 1 fully saturated rings. The molecule has 0 heterocycles. The fourth-order valence-corrected chi connectivity index (χ4v) is 3.25. The van der Waals surface area contributed by atoms with Crippen LogP contribution in [0, 0.1) is 12.8 Å². The Balaban J connectivity index is 1.71. The van der Waals surface area contributed by atoms with Gasteiger partial charge in [0.05, 0.1) is 0 Å². The Kier molecular flexibility index (Phi) is 6.06. The molecule has 0 spiro atoms. The predicted octanol–water partition coefficient (Wildman–Crippen LogP) is 3.63. The van der Waals surface area contributed by atoms with E-state index in [2.05, 4.69) is 43.4 Å². The van der Waals surface area contributed by atoms with Gasteiger partial charge < -0.3 is 10.4 Å². The molecule has 0 aliphatic heterocycles. The second-order valence-corrected chi connectivity index (χ2v) is 6.35. The third-order valence-electron chi connectivity index (χ3n) is 4.58. The van der Waals surface area contributed by atoms with Crippen molar-refractivity contribution in [1.29, 1.82) is 0 Å². The Morgan fingerprint density at radius 2 is 2.10 bits per heavy atom. The number of aliphatic hydroxyl groups is 1. The summed E-state index contributed by atoms with van der Waals surface area (Å²) in [7, 11) is 0. The fourth-order valence-electron chi connectivity index (χ4n) is 3.25. The molecular formula is C18H29NO. The van der Waals surface area contributed by atoms with Crippen LogP contribution in [0.3, 0.4) is 0 Å². The first kappa shape index (κ1) is 15.5. The summed E-state index contributed by atoms with van der Waals surface area (Å²) >= 11 is 0. The van der Waals surface area contributed by atoms with Crippen LogP contribution in [0.1, 0.15) is 56.1 Å². The highest BCUT2D eigenvalue weighted by Crippen LogP contribution is 2.37. The van der Waals surface area contributed by atoms with E-state index in [0.29, 0.717) is 18.6 Å². The van der Waals surface area contributed by atoms with E-state index in [-0.39, 0.29) is 0 Å². The van der Waals surface area contributed by atoms with Crippen LogP contribution in [-0.2, 0) is 0 Å². The van der Waals surface area contributed by atoms with Crippen molar-refractivity contribution in [2.24, 2.45) is 5.92 Å². The lowest BCUT2D eigenvalue weighted by Gasteiger charge is -2.37. The minimum Gasteiger partial charge on any atom is -0.396 e. The third-order valence-corrected chi connectivity index (χ3v) is 4.58. The summed E-state index contributed by atoms with van der Waals surface area (Å²) in [4.78, 5) is 0. The maximum absolute atomic E-state index is 9.09. The fraction of sp³-hybridized carbons (Fsp3) is 0.667. The topological polar surface area (TPSA) is 32.3 Å². The first-order chi connectivity index (χ1) is 9.72. The second-order valence-electron chi connectivity index (χ2n) is 6.35. The molecule has 0 radical (unpaired) electrons. The van der Waals surface area contributed by atoms with Crippen LogP contribution in [0.25, 0.3) is 0 Å². The van der Waals surface area contributed by atoms with Crippen LogP contribution < -0.4 is 5.32 Å². The molecule has 0 saturated heterocycles. The standard InChI is InChI=1S/C18H29NO/c1-3-5-15(8-9-20)13-19-18-11-17(12-18)16-7-4-6-14(2)10-16/h4,6-7,10,15,17-20H,3,5,8-9,11-13H2,1-2H3. The van der Waals surface area contributed by atoms with E-state index in [4.69, 9.17) is 5.11 Å². The van der Waals surface area contributed by atoms with Gasteiger partial charge in [-0.05, 0) is 56.6 Å². The van der Waals surface area contributed by atoms with Crippen LogP contribution in [0.15, 0.2) is 24.3 Å². The number of aryl methyl sites for hydroxylation is 1. The van der Waals surface area contributed by atoms with Gasteiger partial charge in [0.2, 0.25) is 0 Å². The van der Waals surface area contributed by atoms with Crippen LogP contribution in [0.4, 0.5) is 0 Å². The first-order valence-electron chi connectivity index (χ1n) is 8.13. The summed E-state index contributed by atoms with van der Waals surface area (Å²) in [5, 5.41) is 12.8. The average Bonchev–Trinajstić information content (AvgIpc) is 2.37. The quantitative estimate of drug-likeness (QED) is 0.759. The lowest BCUT2D eigenvalue weighted by Crippen LogP contribution is -2.42. The van der Waals surface area contributed by atoms with Crippen molar-refractivity contribution in [2.45, 2.75) is 57.9 Å². The summed E-state index contributed by atoms with van der Waals surface area (Å²) in [6.45, 7) is 5.78. The van der Waals surface area contributed by atoms with Gasteiger partial charge in [-0.15, -0.1) is 0 Å². The Morgan fingerprint density at radius 1 is 1.30 bits per heavy atom. The highest BCUT2D eigenvalue weighted by atomic mass is 16.3. The third kappa shape index (κ3) is 4.32. The van der Waals surface area contributed by atoms with Gasteiger partial charge in [-0.2, -0.15) is 0 Å². The van der Waals surface area contributed by atoms with Gasteiger partial charge in [0.15, 0.2) is 0 Å². The second kappa shape index (κ2) is 7.80. The summed E-state index contributed by atoms with van der Waals surface area (Å²) in [5.74, 6) is 1.39.